The van der Waals surface area contributed by atoms with Crippen molar-refractivity contribution in [3.63, 3.8) is 0 Å². The Labute approximate surface area is 161 Å². The number of methoxy groups -OCH3 is 1. The Kier molecular flexibility index (Phi) is 6.52. The summed E-state index contributed by atoms with van der Waals surface area (Å²) < 4.78 is 5.51. The number of benzene rings is 1. The summed E-state index contributed by atoms with van der Waals surface area (Å²) in [7, 11) is 1.73. The van der Waals surface area contributed by atoms with Gasteiger partial charge in [-0.25, -0.2) is 4.99 Å². The lowest BCUT2D eigenvalue weighted by molar-refractivity contribution is 0.367. The number of ether oxygens (including phenoxy) is 1. The van der Waals surface area contributed by atoms with E-state index in [1.165, 1.54) is 5.56 Å². The van der Waals surface area contributed by atoms with Gasteiger partial charge in [-0.05, 0) is 37.6 Å². The highest BCUT2D eigenvalue weighted by Crippen LogP contribution is 2.28. The predicted molar refractivity (Wildman–Crippen MR) is 111 cm³/mol. The van der Waals surface area contributed by atoms with Crippen LogP contribution in [0, 0.1) is 6.92 Å². The van der Waals surface area contributed by atoms with Crippen molar-refractivity contribution in [2.24, 2.45) is 4.99 Å². The summed E-state index contributed by atoms with van der Waals surface area (Å²) in [6.45, 7) is 9.36. The Morgan fingerprint density at radius 3 is 2.63 bits per heavy atom. The molecule has 1 aromatic heterocycles. The second-order valence-corrected chi connectivity index (χ2v) is 6.58. The van der Waals surface area contributed by atoms with Crippen molar-refractivity contribution in [3.05, 3.63) is 53.9 Å². The normalized spacial score (nSPS) is 15.0. The smallest absolute Gasteiger partial charge is 0.194 e. The average molecular weight is 367 g/mol. The number of rotatable bonds is 5. The molecule has 6 nitrogen and oxygen atoms in total. The third-order valence-corrected chi connectivity index (χ3v) is 4.84. The maximum Gasteiger partial charge on any atom is 0.194 e. The molecule has 0 amide bonds. The Balaban J connectivity index is 1.66. The average Bonchev–Trinajstić information content (AvgIpc) is 2.72. The largest absolute Gasteiger partial charge is 0.495 e. The van der Waals surface area contributed by atoms with Gasteiger partial charge in [0.1, 0.15) is 5.75 Å². The van der Waals surface area contributed by atoms with Gasteiger partial charge in [-0.15, -0.1) is 0 Å². The van der Waals surface area contributed by atoms with Crippen LogP contribution in [0.1, 0.15) is 18.2 Å². The zero-order chi connectivity index (χ0) is 19.1. The zero-order valence-electron chi connectivity index (χ0n) is 16.5. The van der Waals surface area contributed by atoms with Gasteiger partial charge in [0, 0.05) is 38.9 Å². The molecule has 1 N–H and O–H groups in total. The van der Waals surface area contributed by atoms with Gasteiger partial charge in [0.2, 0.25) is 0 Å². The number of nitrogens with one attached hydrogen (secondary N) is 1. The second kappa shape index (κ2) is 9.26. The lowest BCUT2D eigenvalue weighted by atomic mass is 10.2. The van der Waals surface area contributed by atoms with Crippen LogP contribution in [0.4, 0.5) is 5.69 Å². The summed E-state index contributed by atoms with van der Waals surface area (Å²) in [5, 5.41) is 3.42. The van der Waals surface area contributed by atoms with Crippen LogP contribution in [0.15, 0.2) is 47.6 Å². The molecule has 0 bridgehead atoms. The van der Waals surface area contributed by atoms with Crippen molar-refractivity contribution in [1.82, 2.24) is 15.2 Å². The van der Waals surface area contributed by atoms with E-state index in [1.54, 1.807) is 7.11 Å². The molecule has 0 radical (unpaired) electrons. The van der Waals surface area contributed by atoms with E-state index in [0.717, 1.165) is 55.8 Å². The molecule has 0 atom stereocenters. The number of hydrogen-bond donors (Lipinski definition) is 1. The summed E-state index contributed by atoms with van der Waals surface area (Å²) in [6.07, 6.45) is 1.83. The molecule has 0 aliphatic carbocycles. The molecule has 1 aliphatic rings. The maximum absolute atomic E-state index is 5.51. The highest BCUT2D eigenvalue weighted by Gasteiger charge is 2.21. The summed E-state index contributed by atoms with van der Waals surface area (Å²) in [6, 6.07) is 12.3. The van der Waals surface area contributed by atoms with E-state index >= 15 is 0 Å². The Morgan fingerprint density at radius 2 is 1.93 bits per heavy atom. The maximum atomic E-state index is 5.51. The van der Waals surface area contributed by atoms with Crippen molar-refractivity contribution >= 4 is 11.6 Å². The van der Waals surface area contributed by atoms with E-state index in [4.69, 9.17) is 9.73 Å². The number of guanidine groups is 1. The Bertz CT molecular complexity index is 769. The number of para-hydroxylation sites is 2. The highest BCUT2D eigenvalue weighted by molar-refractivity contribution is 5.80. The third-order valence-electron chi connectivity index (χ3n) is 4.84. The number of aromatic nitrogens is 1. The molecule has 0 unspecified atom stereocenters. The van der Waals surface area contributed by atoms with Crippen LogP contribution in [0.5, 0.6) is 5.75 Å². The van der Waals surface area contributed by atoms with Gasteiger partial charge in [-0.2, -0.15) is 0 Å². The minimum atomic E-state index is 0.599. The summed E-state index contributed by atoms with van der Waals surface area (Å²) in [5.74, 6) is 1.89. The number of pyridine rings is 1. The van der Waals surface area contributed by atoms with E-state index in [1.807, 2.05) is 24.4 Å². The molecular weight excluding hydrogens is 338 g/mol. The van der Waals surface area contributed by atoms with Gasteiger partial charge < -0.3 is 19.9 Å². The summed E-state index contributed by atoms with van der Waals surface area (Å²) in [4.78, 5) is 14.0. The van der Waals surface area contributed by atoms with E-state index < -0.39 is 0 Å². The fraction of sp³-hybridized carbons (Fsp3) is 0.429. The number of hydrogen-bond acceptors (Lipinski definition) is 4. The molecule has 1 saturated heterocycles. The first kappa shape index (κ1) is 19.0. The zero-order valence-corrected chi connectivity index (χ0v) is 16.5. The summed E-state index contributed by atoms with van der Waals surface area (Å²) >= 11 is 0. The van der Waals surface area contributed by atoms with E-state index in [0.29, 0.717) is 6.54 Å². The second-order valence-electron chi connectivity index (χ2n) is 6.58. The first-order valence-corrected chi connectivity index (χ1v) is 9.54. The molecule has 1 fully saturated rings. The molecule has 1 aliphatic heterocycles. The first-order valence-electron chi connectivity index (χ1n) is 9.54. The van der Waals surface area contributed by atoms with Crippen molar-refractivity contribution < 1.29 is 4.74 Å². The lowest BCUT2D eigenvalue weighted by Crippen LogP contribution is -2.52. The molecule has 0 spiro atoms. The van der Waals surface area contributed by atoms with Crippen molar-refractivity contribution in [2.75, 3.05) is 44.7 Å². The van der Waals surface area contributed by atoms with E-state index in [9.17, 15) is 0 Å². The van der Waals surface area contributed by atoms with Crippen molar-refractivity contribution in [2.45, 2.75) is 20.4 Å². The molecule has 2 aromatic rings. The number of piperazine rings is 1. The molecule has 144 valence electrons. The van der Waals surface area contributed by atoms with Crippen LogP contribution in [-0.2, 0) is 6.54 Å². The van der Waals surface area contributed by atoms with Crippen LogP contribution in [0.2, 0.25) is 0 Å². The standard InChI is InChI=1S/C21H29N5O/c1-4-22-21(24-16-18-17(2)8-7-11-23-18)26-14-12-25(13-15-26)19-9-5-6-10-20(19)27-3/h5-11H,4,12-16H2,1-3H3,(H,22,24). The molecule has 1 aromatic carbocycles. The predicted octanol–water partition coefficient (Wildman–Crippen LogP) is 2.69. The fourth-order valence-corrected chi connectivity index (χ4v) is 3.31. The van der Waals surface area contributed by atoms with Crippen LogP contribution in [-0.4, -0.2) is 55.7 Å². The highest BCUT2D eigenvalue weighted by atomic mass is 16.5. The Morgan fingerprint density at radius 1 is 1.15 bits per heavy atom. The number of anilines is 1. The van der Waals surface area contributed by atoms with Crippen LogP contribution >= 0.6 is 0 Å². The number of aliphatic imine (C=N–C) groups is 1. The van der Waals surface area contributed by atoms with Gasteiger partial charge in [-0.1, -0.05) is 18.2 Å². The monoisotopic (exact) mass is 367 g/mol. The topological polar surface area (TPSA) is 53.0 Å². The van der Waals surface area contributed by atoms with Gasteiger partial charge in [0.05, 0.1) is 25.0 Å². The van der Waals surface area contributed by atoms with Crippen LogP contribution in [0.25, 0.3) is 0 Å². The SMILES string of the molecule is CCNC(=NCc1ncccc1C)N1CCN(c2ccccc2OC)CC1. The van der Waals surface area contributed by atoms with Gasteiger partial charge in [0.15, 0.2) is 5.96 Å². The minimum absolute atomic E-state index is 0.599. The first-order chi connectivity index (χ1) is 13.2. The summed E-state index contributed by atoms with van der Waals surface area (Å²) in [5.41, 5.74) is 3.37. The van der Waals surface area contributed by atoms with Crippen molar-refractivity contribution in [1.29, 1.82) is 0 Å². The quantitative estimate of drug-likeness (QED) is 0.650. The molecular formula is C21H29N5O. The molecule has 0 saturated carbocycles. The van der Waals surface area contributed by atoms with E-state index in [2.05, 4.69) is 52.1 Å². The minimum Gasteiger partial charge on any atom is -0.495 e. The van der Waals surface area contributed by atoms with E-state index in [-0.39, 0.29) is 0 Å². The Hall–Kier alpha value is -2.76. The molecule has 2 heterocycles. The van der Waals surface area contributed by atoms with Crippen LogP contribution in [0.3, 0.4) is 0 Å². The fourth-order valence-electron chi connectivity index (χ4n) is 3.31. The molecule has 3 rings (SSSR count). The van der Waals surface area contributed by atoms with Crippen molar-refractivity contribution in [3.8, 4) is 5.75 Å². The number of nitrogens with zero attached hydrogens (tertiary/aromatic N) is 4. The molecule has 27 heavy (non-hydrogen) atoms. The number of aryl methyl sites for hydroxylation is 1. The molecule has 6 heteroatoms. The van der Waals surface area contributed by atoms with Gasteiger partial charge in [0.25, 0.3) is 0 Å². The lowest BCUT2D eigenvalue weighted by Gasteiger charge is -2.38. The van der Waals surface area contributed by atoms with Gasteiger partial charge in [-0.3, -0.25) is 4.98 Å². The van der Waals surface area contributed by atoms with Gasteiger partial charge >= 0.3 is 0 Å². The van der Waals surface area contributed by atoms with Crippen LogP contribution < -0.4 is 15.0 Å². The third kappa shape index (κ3) is 4.70.